The highest BCUT2D eigenvalue weighted by Gasteiger charge is 2.83. The van der Waals surface area contributed by atoms with Crippen LogP contribution in [0.1, 0.15) is 33.6 Å². The van der Waals surface area contributed by atoms with E-state index >= 15 is 0 Å². The lowest BCUT2D eigenvalue weighted by Gasteiger charge is -2.47. The summed E-state index contributed by atoms with van der Waals surface area (Å²) in [6.45, 7) is 6.65. The second kappa shape index (κ2) is 5.45. The summed E-state index contributed by atoms with van der Waals surface area (Å²) >= 11 is 0. The van der Waals surface area contributed by atoms with Crippen molar-refractivity contribution in [1.29, 1.82) is 0 Å². The molecule has 5 bridgehead atoms. The number of cyclic esters (lactones) is 1. The number of fused-ring (bicyclic) bond motifs is 1. The molecule has 0 aliphatic carbocycles. The topological polar surface area (TPSA) is 77.5 Å². The molecule has 0 amide bonds. The van der Waals surface area contributed by atoms with Gasteiger partial charge in [-0.3, -0.25) is 4.90 Å². The average molecular weight is 401 g/mol. The van der Waals surface area contributed by atoms with Gasteiger partial charge in [0.05, 0.1) is 42.3 Å². The molecule has 0 aromatic carbocycles. The fraction of sp³-hybridized carbons (Fsp3) is 0.682. The zero-order valence-corrected chi connectivity index (χ0v) is 17.2. The van der Waals surface area contributed by atoms with Crippen molar-refractivity contribution < 1.29 is 28.8 Å². The SMILES string of the molecule is COC1=C(C)C(=O)O/C1=C1\O[C@@]23O[C@H]4C[C@H]([C@@H]2[C@@H]1C)N1CC[C@@H]3[C@]41/C=C/[C@H](C)O. The van der Waals surface area contributed by atoms with Crippen molar-refractivity contribution in [2.75, 3.05) is 13.7 Å². The van der Waals surface area contributed by atoms with Gasteiger partial charge in [0.25, 0.3) is 0 Å². The van der Waals surface area contributed by atoms with Gasteiger partial charge in [-0.15, -0.1) is 0 Å². The van der Waals surface area contributed by atoms with Gasteiger partial charge in [-0.1, -0.05) is 19.1 Å². The Morgan fingerprint density at radius 1 is 1.41 bits per heavy atom. The Bertz CT molecular complexity index is 905. The number of methoxy groups -OCH3 is 1. The van der Waals surface area contributed by atoms with Gasteiger partial charge >= 0.3 is 5.97 Å². The molecule has 6 heterocycles. The standard InChI is InChI=1S/C22H27NO6/c1-10(24)5-7-21-14-6-8-23(21)13-9-15(21)28-22(14)16(13)11(2)18(29-22)19-17(26-4)12(3)20(25)27-19/h5,7,10-11,13-16,24H,6,8-9H2,1-4H3/b7-5+,19-18-/t10-,11-,13+,14+,15-,16-,21+,22+/m0/s1. The lowest BCUT2D eigenvalue weighted by atomic mass is 9.71. The number of hydrogen-bond donors (Lipinski definition) is 1. The minimum Gasteiger partial charge on any atom is -0.492 e. The quantitative estimate of drug-likeness (QED) is 0.571. The molecule has 156 valence electrons. The number of ether oxygens (including phenoxy) is 4. The molecule has 29 heavy (non-hydrogen) atoms. The molecule has 0 aromatic rings. The Balaban J connectivity index is 1.47. The number of nitrogens with zero attached hydrogens (tertiary/aromatic N) is 1. The predicted molar refractivity (Wildman–Crippen MR) is 101 cm³/mol. The zero-order valence-electron chi connectivity index (χ0n) is 17.2. The first-order chi connectivity index (χ1) is 13.8. The maximum Gasteiger partial charge on any atom is 0.343 e. The van der Waals surface area contributed by atoms with Crippen molar-refractivity contribution in [3.05, 3.63) is 35.0 Å². The number of aliphatic hydroxyl groups is 1. The summed E-state index contributed by atoms with van der Waals surface area (Å²) in [7, 11) is 1.55. The molecule has 9 atom stereocenters. The molecule has 1 spiro atoms. The monoisotopic (exact) mass is 401 g/mol. The smallest absolute Gasteiger partial charge is 0.343 e. The highest BCUT2D eigenvalue weighted by atomic mass is 16.7. The number of piperidine rings is 1. The van der Waals surface area contributed by atoms with Gasteiger partial charge in [0, 0.05) is 18.5 Å². The maximum absolute atomic E-state index is 12.2. The first-order valence-corrected chi connectivity index (χ1v) is 10.6. The summed E-state index contributed by atoms with van der Waals surface area (Å²) in [6.07, 6.45) is 5.59. The van der Waals surface area contributed by atoms with E-state index in [1.165, 1.54) is 0 Å². The minimum atomic E-state index is -0.701. The molecule has 0 radical (unpaired) electrons. The van der Waals surface area contributed by atoms with Crippen molar-refractivity contribution in [3.8, 4) is 0 Å². The van der Waals surface area contributed by atoms with Gasteiger partial charge < -0.3 is 24.1 Å². The number of hydrogen-bond acceptors (Lipinski definition) is 7. The molecule has 5 saturated heterocycles. The number of allylic oxidation sites excluding steroid dienone is 1. The van der Waals surface area contributed by atoms with Crippen molar-refractivity contribution in [3.63, 3.8) is 0 Å². The number of aliphatic hydroxyl groups excluding tert-OH is 1. The fourth-order valence-electron chi connectivity index (χ4n) is 7.21. The normalized spacial score (nSPS) is 52.5. The van der Waals surface area contributed by atoms with E-state index in [0.717, 1.165) is 19.4 Å². The van der Waals surface area contributed by atoms with Gasteiger partial charge in [0.1, 0.15) is 5.76 Å². The van der Waals surface area contributed by atoms with E-state index in [1.54, 1.807) is 21.0 Å². The molecule has 0 saturated carbocycles. The fourth-order valence-corrected chi connectivity index (χ4v) is 7.21. The Kier molecular flexibility index (Phi) is 3.38. The number of rotatable bonds is 3. The Morgan fingerprint density at radius 2 is 2.21 bits per heavy atom. The molecule has 1 unspecified atom stereocenters. The van der Waals surface area contributed by atoms with E-state index in [2.05, 4.69) is 17.9 Å². The van der Waals surface area contributed by atoms with Crippen LogP contribution >= 0.6 is 0 Å². The molecular weight excluding hydrogens is 374 g/mol. The highest BCUT2D eigenvalue weighted by molar-refractivity contribution is 5.93. The van der Waals surface area contributed by atoms with E-state index in [4.69, 9.17) is 18.9 Å². The Morgan fingerprint density at radius 3 is 2.93 bits per heavy atom. The summed E-state index contributed by atoms with van der Waals surface area (Å²) in [5, 5.41) is 9.87. The second-order valence-electron chi connectivity index (χ2n) is 9.31. The van der Waals surface area contributed by atoms with Crippen LogP contribution in [0.15, 0.2) is 35.0 Å². The second-order valence-corrected chi connectivity index (χ2v) is 9.31. The zero-order chi connectivity index (χ0) is 20.3. The Hall–Kier alpha value is -1.83. The van der Waals surface area contributed by atoms with Crippen molar-refractivity contribution >= 4 is 5.97 Å². The van der Waals surface area contributed by atoms with Crippen LogP contribution in [0.4, 0.5) is 0 Å². The highest BCUT2D eigenvalue weighted by Crippen LogP contribution is 2.72. The van der Waals surface area contributed by atoms with Gasteiger partial charge in [-0.05, 0) is 26.7 Å². The van der Waals surface area contributed by atoms with Crippen LogP contribution < -0.4 is 0 Å². The molecule has 1 N–H and O–H groups in total. The predicted octanol–water partition coefficient (Wildman–Crippen LogP) is 1.84. The summed E-state index contributed by atoms with van der Waals surface area (Å²) in [4.78, 5) is 14.8. The van der Waals surface area contributed by atoms with Crippen molar-refractivity contribution in [2.45, 2.75) is 63.2 Å². The van der Waals surface area contributed by atoms with E-state index in [9.17, 15) is 9.90 Å². The summed E-state index contributed by atoms with van der Waals surface area (Å²) < 4.78 is 24.4. The summed E-state index contributed by atoms with van der Waals surface area (Å²) in [5.41, 5.74) is 0.259. The number of carbonyl (C=O) groups is 1. The first kappa shape index (κ1) is 18.0. The van der Waals surface area contributed by atoms with Crippen LogP contribution in [-0.4, -0.2) is 59.2 Å². The van der Waals surface area contributed by atoms with Crippen LogP contribution in [0.5, 0.6) is 0 Å². The molecule has 0 aromatic heterocycles. The Labute approximate surface area is 169 Å². The van der Waals surface area contributed by atoms with Crippen LogP contribution in [0.25, 0.3) is 0 Å². The first-order valence-electron chi connectivity index (χ1n) is 10.6. The van der Waals surface area contributed by atoms with Gasteiger partial charge in [-0.2, -0.15) is 0 Å². The largest absolute Gasteiger partial charge is 0.492 e. The van der Waals surface area contributed by atoms with Crippen LogP contribution in [0, 0.1) is 17.8 Å². The maximum atomic E-state index is 12.2. The minimum absolute atomic E-state index is 0.0553. The molecule has 5 fully saturated rings. The van der Waals surface area contributed by atoms with E-state index < -0.39 is 11.9 Å². The number of carbonyl (C=O) groups excluding carboxylic acids is 1. The molecule has 6 aliphatic rings. The third-order valence-corrected chi connectivity index (χ3v) is 8.12. The molecule has 7 heteroatoms. The van der Waals surface area contributed by atoms with E-state index in [1.807, 2.05) is 6.08 Å². The van der Waals surface area contributed by atoms with Gasteiger partial charge in [0.15, 0.2) is 5.76 Å². The summed E-state index contributed by atoms with van der Waals surface area (Å²) in [5.74, 6) is 0.884. The van der Waals surface area contributed by atoms with Crippen molar-refractivity contribution in [2.24, 2.45) is 17.8 Å². The lowest BCUT2D eigenvalue weighted by Crippen LogP contribution is -2.60. The molecule has 6 aliphatic heterocycles. The lowest BCUT2D eigenvalue weighted by molar-refractivity contribution is -0.255. The van der Waals surface area contributed by atoms with E-state index in [0.29, 0.717) is 28.9 Å². The molecular formula is C22H27NO6. The van der Waals surface area contributed by atoms with Crippen LogP contribution in [0.3, 0.4) is 0 Å². The van der Waals surface area contributed by atoms with Crippen molar-refractivity contribution in [1.82, 2.24) is 4.90 Å². The third kappa shape index (κ3) is 1.84. The molecule has 7 nitrogen and oxygen atoms in total. The van der Waals surface area contributed by atoms with Crippen LogP contribution in [-0.2, 0) is 23.7 Å². The average Bonchev–Trinajstić information content (AvgIpc) is 3.38. The van der Waals surface area contributed by atoms with Crippen LogP contribution in [0.2, 0.25) is 0 Å². The van der Waals surface area contributed by atoms with Gasteiger partial charge in [-0.25, -0.2) is 4.79 Å². The third-order valence-electron chi connectivity index (χ3n) is 8.12. The van der Waals surface area contributed by atoms with E-state index in [-0.39, 0.29) is 35.4 Å². The molecule has 6 rings (SSSR count). The number of esters is 1. The van der Waals surface area contributed by atoms with Gasteiger partial charge in [0.2, 0.25) is 11.5 Å². The summed E-state index contributed by atoms with van der Waals surface area (Å²) in [6, 6.07) is 0.354.